The Balaban J connectivity index is 2.31. The van der Waals surface area contributed by atoms with Crippen LogP contribution < -0.4 is 16.2 Å². The minimum Gasteiger partial charge on any atom is -0.378 e. The lowest BCUT2D eigenvalue weighted by atomic mass is 10.0. The van der Waals surface area contributed by atoms with Crippen LogP contribution in [-0.2, 0) is 0 Å². The number of pyridine rings is 1. The molecule has 100 valence electrons. The minimum atomic E-state index is -0.373. The number of nitrogens with two attached hydrogens (primary N) is 1. The molecule has 1 unspecified atom stereocenters. The standard InChI is InChI=1S/C14H17FN4/c1-19(2)13-5-3-10(4-6-13)14(18-16)11-7-12(15)9-17-8-11/h3-9,14,18H,16H2,1-2H3. The lowest BCUT2D eigenvalue weighted by Gasteiger charge is -2.18. The van der Waals surface area contributed by atoms with Gasteiger partial charge in [0.25, 0.3) is 0 Å². The third kappa shape index (κ3) is 3.07. The second-order valence-corrected chi connectivity index (χ2v) is 4.52. The van der Waals surface area contributed by atoms with Gasteiger partial charge in [-0.2, -0.15) is 0 Å². The van der Waals surface area contributed by atoms with Crippen LogP contribution in [0.25, 0.3) is 0 Å². The Labute approximate surface area is 112 Å². The van der Waals surface area contributed by atoms with E-state index in [0.717, 1.165) is 11.3 Å². The number of rotatable bonds is 4. The van der Waals surface area contributed by atoms with E-state index in [1.54, 1.807) is 6.20 Å². The van der Waals surface area contributed by atoms with Crippen molar-refractivity contribution in [2.24, 2.45) is 5.84 Å². The van der Waals surface area contributed by atoms with Crippen molar-refractivity contribution in [1.29, 1.82) is 0 Å². The fourth-order valence-corrected chi connectivity index (χ4v) is 1.94. The monoisotopic (exact) mass is 260 g/mol. The van der Waals surface area contributed by atoms with Gasteiger partial charge in [0, 0.05) is 26.0 Å². The van der Waals surface area contributed by atoms with Gasteiger partial charge in [-0.1, -0.05) is 12.1 Å². The molecule has 0 aliphatic heterocycles. The SMILES string of the molecule is CN(C)c1ccc(C(NN)c2cncc(F)c2)cc1. The summed E-state index contributed by atoms with van der Waals surface area (Å²) in [6.07, 6.45) is 2.78. The topological polar surface area (TPSA) is 54.2 Å². The molecular formula is C14H17FN4. The van der Waals surface area contributed by atoms with Crippen LogP contribution in [0.1, 0.15) is 17.2 Å². The van der Waals surface area contributed by atoms with Crippen molar-refractivity contribution >= 4 is 5.69 Å². The largest absolute Gasteiger partial charge is 0.378 e. The number of hydrogen-bond donors (Lipinski definition) is 2. The smallest absolute Gasteiger partial charge is 0.141 e. The molecule has 1 aromatic carbocycles. The Morgan fingerprint density at radius 3 is 2.37 bits per heavy atom. The van der Waals surface area contributed by atoms with Gasteiger partial charge in [0.2, 0.25) is 0 Å². The summed E-state index contributed by atoms with van der Waals surface area (Å²) in [5.74, 6) is 5.20. The molecule has 1 atom stereocenters. The maximum absolute atomic E-state index is 13.2. The molecule has 3 N–H and O–H groups in total. The number of aromatic nitrogens is 1. The van der Waals surface area contributed by atoms with Crippen molar-refractivity contribution in [3.8, 4) is 0 Å². The molecule has 0 fully saturated rings. The molecule has 0 bridgehead atoms. The van der Waals surface area contributed by atoms with Gasteiger partial charge in [-0.25, -0.2) is 9.82 Å². The molecule has 0 saturated heterocycles. The predicted molar refractivity (Wildman–Crippen MR) is 74.1 cm³/mol. The zero-order valence-electron chi connectivity index (χ0n) is 11.0. The van der Waals surface area contributed by atoms with E-state index in [1.165, 1.54) is 12.3 Å². The number of anilines is 1. The van der Waals surface area contributed by atoms with Crippen LogP contribution in [0.5, 0.6) is 0 Å². The first-order chi connectivity index (χ1) is 9.11. The zero-order valence-corrected chi connectivity index (χ0v) is 11.0. The molecule has 0 aliphatic rings. The van der Waals surface area contributed by atoms with Crippen LogP contribution in [0, 0.1) is 5.82 Å². The highest BCUT2D eigenvalue weighted by Gasteiger charge is 2.13. The first kappa shape index (κ1) is 13.5. The fraction of sp³-hybridized carbons (Fsp3) is 0.214. The third-order valence-corrected chi connectivity index (χ3v) is 2.97. The lowest BCUT2D eigenvalue weighted by Crippen LogP contribution is -2.29. The number of hydrogen-bond acceptors (Lipinski definition) is 4. The summed E-state index contributed by atoms with van der Waals surface area (Å²) in [6.45, 7) is 0. The van der Waals surface area contributed by atoms with Crippen molar-refractivity contribution in [3.63, 3.8) is 0 Å². The highest BCUT2D eigenvalue weighted by Crippen LogP contribution is 2.23. The van der Waals surface area contributed by atoms with Gasteiger partial charge >= 0.3 is 0 Å². The molecule has 2 aromatic rings. The van der Waals surface area contributed by atoms with E-state index in [-0.39, 0.29) is 11.9 Å². The van der Waals surface area contributed by atoms with Crippen LogP contribution in [0.4, 0.5) is 10.1 Å². The zero-order chi connectivity index (χ0) is 13.8. The van der Waals surface area contributed by atoms with E-state index < -0.39 is 0 Å². The summed E-state index contributed by atoms with van der Waals surface area (Å²) in [4.78, 5) is 5.86. The highest BCUT2D eigenvalue weighted by molar-refractivity contribution is 5.47. The van der Waals surface area contributed by atoms with E-state index in [4.69, 9.17) is 5.84 Å². The number of hydrazine groups is 1. The maximum atomic E-state index is 13.2. The van der Waals surface area contributed by atoms with Gasteiger partial charge in [0.05, 0.1) is 12.2 Å². The first-order valence-electron chi connectivity index (χ1n) is 5.95. The van der Waals surface area contributed by atoms with Crippen LogP contribution in [0.2, 0.25) is 0 Å². The number of nitrogens with zero attached hydrogens (tertiary/aromatic N) is 2. The Morgan fingerprint density at radius 2 is 1.84 bits per heavy atom. The molecule has 0 radical (unpaired) electrons. The van der Waals surface area contributed by atoms with Crippen molar-refractivity contribution in [2.45, 2.75) is 6.04 Å². The average Bonchev–Trinajstić information content (AvgIpc) is 2.40. The summed E-state index contributed by atoms with van der Waals surface area (Å²) in [6, 6.07) is 9.06. The molecule has 19 heavy (non-hydrogen) atoms. The normalized spacial score (nSPS) is 12.2. The summed E-state index contributed by atoms with van der Waals surface area (Å²) in [7, 11) is 3.95. The maximum Gasteiger partial charge on any atom is 0.141 e. The molecule has 1 heterocycles. The summed E-state index contributed by atoms with van der Waals surface area (Å²) < 4.78 is 13.2. The van der Waals surface area contributed by atoms with Crippen LogP contribution in [-0.4, -0.2) is 19.1 Å². The van der Waals surface area contributed by atoms with Gasteiger partial charge in [-0.15, -0.1) is 0 Å². The van der Waals surface area contributed by atoms with Gasteiger partial charge in [0.15, 0.2) is 0 Å². The summed E-state index contributed by atoms with van der Waals surface area (Å²) >= 11 is 0. The number of halogens is 1. The quantitative estimate of drug-likeness (QED) is 0.650. The Bertz CT molecular complexity index is 539. The molecule has 0 amide bonds. The molecule has 0 aliphatic carbocycles. The molecule has 0 spiro atoms. The summed E-state index contributed by atoms with van der Waals surface area (Å²) in [5, 5.41) is 0. The predicted octanol–water partition coefficient (Wildman–Crippen LogP) is 1.84. The van der Waals surface area contributed by atoms with Gasteiger partial charge in [-0.3, -0.25) is 10.8 Å². The van der Waals surface area contributed by atoms with Crippen molar-refractivity contribution in [3.05, 3.63) is 59.7 Å². The van der Waals surface area contributed by atoms with E-state index in [0.29, 0.717) is 5.56 Å². The van der Waals surface area contributed by atoms with E-state index >= 15 is 0 Å². The molecule has 0 saturated carbocycles. The number of nitrogens with one attached hydrogen (secondary N) is 1. The van der Waals surface area contributed by atoms with Gasteiger partial charge < -0.3 is 4.90 Å². The van der Waals surface area contributed by atoms with Crippen molar-refractivity contribution in [1.82, 2.24) is 10.4 Å². The number of benzene rings is 1. The minimum absolute atomic E-state index is 0.278. The second-order valence-electron chi connectivity index (χ2n) is 4.52. The fourth-order valence-electron chi connectivity index (χ4n) is 1.94. The molecule has 1 aromatic heterocycles. The Morgan fingerprint density at radius 1 is 1.16 bits per heavy atom. The lowest BCUT2D eigenvalue weighted by molar-refractivity contribution is 0.598. The van der Waals surface area contributed by atoms with Crippen LogP contribution in [0.3, 0.4) is 0 Å². The van der Waals surface area contributed by atoms with Crippen molar-refractivity contribution < 1.29 is 4.39 Å². The van der Waals surface area contributed by atoms with E-state index in [1.807, 2.05) is 43.3 Å². The first-order valence-corrected chi connectivity index (χ1v) is 5.95. The molecule has 5 heteroatoms. The second kappa shape index (κ2) is 5.77. The van der Waals surface area contributed by atoms with E-state index in [2.05, 4.69) is 10.4 Å². The third-order valence-electron chi connectivity index (χ3n) is 2.97. The average molecular weight is 260 g/mol. The van der Waals surface area contributed by atoms with Crippen molar-refractivity contribution in [2.75, 3.05) is 19.0 Å². The van der Waals surface area contributed by atoms with Crippen LogP contribution >= 0.6 is 0 Å². The Kier molecular flexibility index (Phi) is 4.09. The van der Waals surface area contributed by atoms with Crippen LogP contribution in [0.15, 0.2) is 42.7 Å². The molecular weight excluding hydrogens is 243 g/mol. The summed E-state index contributed by atoms with van der Waals surface area (Å²) in [5.41, 5.74) is 5.44. The Hall–Kier alpha value is -1.98. The van der Waals surface area contributed by atoms with Gasteiger partial charge in [0.1, 0.15) is 5.82 Å². The van der Waals surface area contributed by atoms with E-state index in [9.17, 15) is 4.39 Å². The molecule has 4 nitrogen and oxygen atoms in total. The molecule has 2 rings (SSSR count). The van der Waals surface area contributed by atoms with Gasteiger partial charge in [-0.05, 0) is 29.3 Å². The highest BCUT2D eigenvalue weighted by atomic mass is 19.1.